The highest BCUT2D eigenvalue weighted by Crippen LogP contribution is 2.23. The zero-order valence-corrected chi connectivity index (χ0v) is 12.0. The molecule has 0 amide bonds. The lowest BCUT2D eigenvalue weighted by atomic mass is 10.1. The van der Waals surface area contributed by atoms with Gasteiger partial charge in [-0.3, -0.25) is 25.5 Å². The normalized spacial score (nSPS) is 10.9. The van der Waals surface area contributed by atoms with Crippen LogP contribution in [0.4, 0.5) is 11.4 Å². The quantitative estimate of drug-likeness (QED) is 0.471. The van der Waals surface area contributed by atoms with Crippen LogP contribution >= 0.6 is 0 Å². The minimum absolute atomic E-state index is 0.0544. The lowest BCUT2D eigenvalue weighted by Gasteiger charge is -2.17. The highest BCUT2D eigenvalue weighted by atomic mass is 16.6. The van der Waals surface area contributed by atoms with E-state index < -0.39 is 4.92 Å². The van der Waals surface area contributed by atoms with Crippen LogP contribution in [-0.4, -0.2) is 26.7 Å². The summed E-state index contributed by atoms with van der Waals surface area (Å²) in [5, 5.41) is 15.0. The molecular formula is C13H18N6O2. The zero-order chi connectivity index (χ0) is 15.4. The van der Waals surface area contributed by atoms with E-state index in [-0.39, 0.29) is 5.69 Å². The number of benzene rings is 1. The first kappa shape index (κ1) is 14.9. The van der Waals surface area contributed by atoms with Crippen molar-refractivity contribution >= 4 is 11.4 Å². The van der Waals surface area contributed by atoms with Gasteiger partial charge in [0.1, 0.15) is 0 Å². The summed E-state index contributed by atoms with van der Waals surface area (Å²) < 4.78 is 1.74. The van der Waals surface area contributed by atoms with Crippen molar-refractivity contribution in [2.75, 3.05) is 12.5 Å². The molecule has 8 heteroatoms. The second-order valence-electron chi connectivity index (χ2n) is 4.94. The highest BCUT2D eigenvalue weighted by molar-refractivity contribution is 5.55. The number of aromatic nitrogens is 2. The van der Waals surface area contributed by atoms with Gasteiger partial charge >= 0.3 is 0 Å². The standard InChI is InChI=1S/C13H18N6O2/c1-17(7-10-6-15-18(2)8-10)9-11-5-12(19(20)21)3-4-13(11)16-14/h3-6,8,16H,7,9,14H2,1-2H3. The third kappa shape index (κ3) is 3.77. The third-order valence-electron chi connectivity index (χ3n) is 3.11. The first-order chi connectivity index (χ1) is 9.99. The van der Waals surface area contributed by atoms with Crippen LogP contribution in [0.25, 0.3) is 0 Å². The Morgan fingerprint density at radius 1 is 1.48 bits per heavy atom. The average Bonchev–Trinajstić information content (AvgIpc) is 2.83. The predicted molar refractivity (Wildman–Crippen MR) is 79.3 cm³/mol. The fraction of sp³-hybridized carbons (Fsp3) is 0.308. The summed E-state index contributed by atoms with van der Waals surface area (Å²) in [5.41, 5.74) is 5.16. The van der Waals surface area contributed by atoms with E-state index >= 15 is 0 Å². The van der Waals surface area contributed by atoms with Crippen molar-refractivity contribution in [1.29, 1.82) is 0 Å². The number of nitrogen functional groups attached to an aromatic ring is 1. The summed E-state index contributed by atoms with van der Waals surface area (Å²) >= 11 is 0. The number of anilines is 1. The Kier molecular flexibility index (Phi) is 4.51. The molecule has 21 heavy (non-hydrogen) atoms. The lowest BCUT2D eigenvalue weighted by Crippen LogP contribution is -2.19. The number of nitro groups is 1. The summed E-state index contributed by atoms with van der Waals surface area (Å²) in [7, 11) is 3.80. The molecule has 0 aliphatic carbocycles. The van der Waals surface area contributed by atoms with E-state index in [0.717, 1.165) is 11.1 Å². The second-order valence-corrected chi connectivity index (χ2v) is 4.94. The minimum Gasteiger partial charge on any atom is -0.324 e. The summed E-state index contributed by atoms with van der Waals surface area (Å²) in [6.07, 6.45) is 3.73. The summed E-state index contributed by atoms with van der Waals surface area (Å²) in [6.45, 7) is 1.23. The number of nitrogens with two attached hydrogens (primary N) is 1. The number of hydrogen-bond acceptors (Lipinski definition) is 6. The number of rotatable bonds is 6. The molecule has 0 aliphatic heterocycles. The van der Waals surface area contributed by atoms with E-state index in [1.807, 2.05) is 25.2 Å². The molecule has 0 bridgehead atoms. The molecule has 0 radical (unpaired) electrons. The summed E-state index contributed by atoms with van der Waals surface area (Å²) in [4.78, 5) is 12.5. The van der Waals surface area contributed by atoms with E-state index in [0.29, 0.717) is 18.8 Å². The molecule has 0 saturated heterocycles. The van der Waals surface area contributed by atoms with E-state index in [1.165, 1.54) is 12.1 Å². The van der Waals surface area contributed by atoms with Crippen LogP contribution in [0.1, 0.15) is 11.1 Å². The lowest BCUT2D eigenvalue weighted by molar-refractivity contribution is -0.384. The second kappa shape index (κ2) is 6.33. The first-order valence-corrected chi connectivity index (χ1v) is 6.39. The van der Waals surface area contributed by atoms with E-state index in [4.69, 9.17) is 5.84 Å². The Morgan fingerprint density at radius 3 is 2.81 bits per heavy atom. The van der Waals surface area contributed by atoms with Crippen molar-refractivity contribution in [3.63, 3.8) is 0 Å². The average molecular weight is 290 g/mol. The van der Waals surface area contributed by atoms with Gasteiger partial charge in [-0.1, -0.05) is 0 Å². The van der Waals surface area contributed by atoms with Gasteiger partial charge in [-0.25, -0.2) is 0 Å². The Labute approximate surface area is 122 Å². The molecule has 2 aromatic rings. The van der Waals surface area contributed by atoms with E-state index in [1.54, 1.807) is 16.9 Å². The number of hydrazine groups is 1. The Bertz CT molecular complexity index is 639. The summed E-state index contributed by atoms with van der Waals surface area (Å²) in [5.74, 6) is 5.46. The van der Waals surface area contributed by atoms with Crippen LogP contribution in [-0.2, 0) is 20.1 Å². The van der Waals surface area contributed by atoms with Crippen molar-refractivity contribution in [2.45, 2.75) is 13.1 Å². The Morgan fingerprint density at radius 2 is 2.24 bits per heavy atom. The van der Waals surface area contributed by atoms with Crippen molar-refractivity contribution in [3.05, 3.63) is 51.8 Å². The molecule has 0 unspecified atom stereocenters. The maximum Gasteiger partial charge on any atom is 0.269 e. The van der Waals surface area contributed by atoms with Gasteiger partial charge in [-0.2, -0.15) is 5.10 Å². The molecule has 0 aliphatic rings. The van der Waals surface area contributed by atoms with Gasteiger partial charge in [0, 0.05) is 44.0 Å². The molecule has 3 N–H and O–H groups in total. The number of nitrogens with one attached hydrogen (secondary N) is 1. The summed E-state index contributed by atoms with van der Waals surface area (Å²) in [6, 6.07) is 4.58. The van der Waals surface area contributed by atoms with Crippen molar-refractivity contribution in [1.82, 2.24) is 14.7 Å². The molecule has 1 aromatic heterocycles. The monoisotopic (exact) mass is 290 g/mol. The fourth-order valence-corrected chi connectivity index (χ4v) is 2.18. The molecule has 0 spiro atoms. The van der Waals surface area contributed by atoms with Gasteiger partial charge in [0.2, 0.25) is 0 Å². The number of nitrogens with zero attached hydrogens (tertiary/aromatic N) is 4. The van der Waals surface area contributed by atoms with Crippen molar-refractivity contribution < 1.29 is 4.92 Å². The van der Waals surface area contributed by atoms with Crippen LogP contribution < -0.4 is 11.3 Å². The molecule has 8 nitrogen and oxygen atoms in total. The van der Waals surface area contributed by atoms with Crippen LogP contribution in [0.2, 0.25) is 0 Å². The zero-order valence-electron chi connectivity index (χ0n) is 12.0. The number of nitro benzene ring substituents is 1. The van der Waals surface area contributed by atoms with Crippen LogP contribution in [0.3, 0.4) is 0 Å². The molecule has 2 rings (SSSR count). The molecule has 112 valence electrons. The van der Waals surface area contributed by atoms with Gasteiger partial charge in [-0.05, 0) is 18.7 Å². The third-order valence-corrected chi connectivity index (χ3v) is 3.11. The Hall–Kier alpha value is -2.45. The van der Waals surface area contributed by atoms with E-state index in [9.17, 15) is 10.1 Å². The largest absolute Gasteiger partial charge is 0.324 e. The molecule has 0 saturated carbocycles. The topological polar surface area (TPSA) is 102 Å². The van der Waals surface area contributed by atoms with Crippen molar-refractivity contribution in [3.8, 4) is 0 Å². The predicted octanol–water partition coefficient (Wildman–Crippen LogP) is 1.25. The smallest absolute Gasteiger partial charge is 0.269 e. The maximum absolute atomic E-state index is 10.9. The number of hydrogen-bond donors (Lipinski definition) is 2. The molecule has 0 atom stereocenters. The van der Waals surface area contributed by atoms with Crippen LogP contribution in [0, 0.1) is 10.1 Å². The van der Waals surface area contributed by atoms with E-state index in [2.05, 4.69) is 10.5 Å². The van der Waals surface area contributed by atoms with Gasteiger partial charge in [-0.15, -0.1) is 0 Å². The fourth-order valence-electron chi connectivity index (χ4n) is 2.18. The van der Waals surface area contributed by atoms with Gasteiger partial charge in [0.05, 0.1) is 16.8 Å². The molecule has 0 fully saturated rings. The van der Waals surface area contributed by atoms with Gasteiger partial charge in [0.15, 0.2) is 0 Å². The van der Waals surface area contributed by atoms with Gasteiger partial charge < -0.3 is 5.43 Å². The Balaban J connectivity index is 2.13. The van der Waals surface area contributed by atoms with Crippen LogP contribution in [0.5, 0.6) is 0 Å². The number of non-ortho nitro benzene ring substituents is 1. The van der Waals surface area contributed by atoms with Crippen LogP contribution in [0.15, 0.2) is 30.6 Å². The maximum atomic E-state index is 10.9. The molecule has 1 aromatic carbocycles. The highest BCUT2D eigenvalue weighted by Gasteiger charge is 2.12. The molecular weight excluding hydrogens is 272 g/mol. The van der Waals surface area contributed by atoms with Gasteiger partial charge in [0.25, 0.3) is 5.69 Å². The first-order valence-electron chi connectivity index (χ1n) is 6.39. The number of aryl methyl sites for hydroxylation is 1. The minimum atomic E-state index is -0.412. The SMILES string of the molecule is CN(Cc1cnn(C)c1)Cc1cc([N+](=O)[O-])ccc1NN. The van der Waals surface area contributed by atoms with Crippen molar-refractivity contribution in [2.24, 2.45) is 12.9 Å². The molecule has 1 heterocycles.